The SMILES string of the molecule is C#C[C@]1(O)CC[C@@H]2[C@@H]3CC(=O)c4cc(O)ccc4[C@H]3CC[C@]21C. The normalized spacial score (nSPS) is 41.6. The van der Waals surface area contributed by atoms with Crippen LogP contribution >= 0.6 is 0 Å². The molecule has 23 heavy (non-hydrogen) atoms. The molecule has 2 saturated carbocycles. The molecule has 3 heteroatoms. The summed E-state index contributed by atoms with van der Waals surface area (Å²) in [4.78, 5) is 12.6. The van der Waals surface area contributed by atoms with Crippen LogP contribution in [0.25, 0.3) is 0 Å². The van der Waals surface area contributed by atoms with Crippen molar-refractivity contribution in [3.63, 3.8) is 0 Å². The highest BCUT2D eigenvalue weighted by Crippen LogP contribution is 2.64. The van der Waals surface area contributed by atoms with Crippen molar-refractivity contribution in [3.8, 4) is 18.1 Å². The Morgan fingerprint density at radius 3 is 2.83 bits per heavy atom. The maximum Gasteiger partial charge on any atom is 0.163 e. The van der Waals surface area contributed by atoms with Gasteiger partial charge in [0.1, 0.15) is 11.4 Å². The van der Waals surface area contributed by atoms with Gasteiger partial charge in [-0.1, -0.05) is 18.9 Å². The molecule has 5 atom stereocenters. The quantitative estimate of drug-likeness (QED) is 0.723. The van der Waals surface area contributed by atoms with E-state index in [9.17, 15) is 15.0 Å². The first kappa shape index (κ1) is 14.8. The Kier molecular flexibility index (Phi) is 2.96. The maximum atomic E-state index is 12.6. The molecule has 0 amide bonds. The van der Waals surface area contributed by atoms with Crippen LogP contribution in [0.15, 0.2) is 18.2 Å². The molecule has 3 aliphatic carbocycles. The van der Waals surface area contributed by atoms with Gasteiger partial charge in [0.15, 0.2) is 5.78 Å². The molecule has 2 fully saturated rings. The van der Waals surface area contributed by atoms with Crippen molar-refractivity contribution in [1.29, 1.82) is 0 Å². The Morgan fingerprint density at radius 2 is 2.09 bits per heavy atom. The van der Waals surface area contributed by atoms with Crippen LogP contribution in [0.4, 0.5) is 0 Å². The molecule has 120 valence electrons. The van der Waals surface area contributed by atoms with Gasteiger partial charge >= 0.3 is 0 Å². The molecule has 1 aromatic rings. The summed E-state index contributed by atoms with van der Waals surface area (Å²) in [6.45, 7) is 2.11. The lowest BCUT2D eigenvalue weighted by Crippen LogP contribution is -2.50. The lowest BCUT2D eigenvalue weighted by atomic mass is 9.53. The van der Waals surface area contributed by atoms with Crippen molar-refractivity contribution >= 4 is 5.78 Å². The molecule has 0 aromatic heterocycles. The second kappa shape index (κ2) is 4.61. The number of hydrogen-bond acceptors (Lipinski definition) is 3. The summed E-state index contributed by atoms with van der Waals surface area (Å²) in [7, 11) is 0. The van der Waals surface area contributed by atoms with E-state index in [4.69, 9.17) is 6.42 Å². The van der Waals surface area contributed by atoms with Crippen LogP contribution in [-0.2, 0) is 0 Å². The van der Waals surface area contributed by atoms with Gasteiger partial charge in [0.25, 0.3) is 0 Å². The number of phenols is 1. The van der Waals surface area contributed by atoms with Gasteiger partial charge in [-0.3, -0.25) is 4.79 Å². The van der Waals surface area contributed by atoms with Crippen molar-refractivity contribution in [1.82, 2.24) is 0 Å². The zero-order chi connectivity index (χ0) is 16.4. The van der Waals surface area contributed by atoms with E-state index in [2.05, 4.69) is 12.8 Å². The molecule has 0 unspecified atom stereocenters. The van der Waals surface area contributed by atoms with Gasteiger partial charge < -0.3 is 10.2 Å². The van der Waals surface area contributed by atoms with E-state index in [1.165, 1.54) is 0 Å². The predicted octanol–water partition coefficient (Wildman–Crippen LogP) is 3.25. The number of Topliss-reactive ketones (excluding diaryl/α,β-unsaturated/α-hetero) is 1. The lowest BCUT2D eigenvalue weighted by molar-refractivity contribution is -0.0629. The second-order valence-electron chi connectivity index (χ2n) is 7.78. The Hall–Kier alpha value is -1.79. The Balaban J connectivity index is 1.77. The lowest BCUT2D eigenvalue weighted by Gasteiger charge is -2.51. The molecule has 0 radical (unpaired) electrons. The maximum absolute atomic E-state index is 12.6. The van der Waals surface area contributed by atoms with Crippen molar-refractivity contribution in [2.75, 3.05) is 0 Å². The molecule has 0 heterocycles. The standard InChI is InChI=1S/C20H22O3/c1-3-20(23)9-7-17-15-11-18(22)16-10-12(21)4-5-13(16)14(15)6-8-19(17,20)2/h1,4-5,10,14-15,17,21,23H,6-9,11H2,2H3/t14-,15-,17-,19-,20+/m1/s1. The second-order valence-corrected chi connectivity index (χ2v) is 7.78. The smallest absolute Gasteiger partial charge is 0.163 e. The van der Waals surface area contributed by atoms with E-state index in [-0.39, 0.29) is 28.8 Å². The molecule has 1 aromatic carbocycles. The number of ketones is 1. The number of phenolic OH excluding ortho intramolecular Hbond substituents is 1. The number of carbonyl (C=O) groups excluding carboxylic acids is 1. The largest absolute Gasteiger partial charge is 0.508 e. The highest BCUT2D eigenvalue weighted by atomic mass is 16.3. The van der Waals surface area contributed by atoms with Crippen LogP contribution in [0, 0.1) is 29.6 Å². The van der Waals surface area contributed by atoms with E-state index in [0.29, 0.717) is 24.3 Å². The summed E-state index contributed by atoms with van der Waals surface area (Å²) >= 11 is 0. The summed E-state index contributed by atoms with van der Waals surface area (Å²) in [5.41, 5.74) is 0.417. The molecule has 3 aliphatic rings. The molecular weight excluding hydrogens is 288 g/mol. The number of hydrogen-bond donors (Lipinski definition) is 2. The minimum absolute atomic E-state index is 0.109. The predicted molar refractivity (Wildman–Crippen MR) is 87.1 cm³/mol. The highest BCUT2D eigenvalue weighted by Gasteiger charge is 2.61. The summed E-state index contributed by atoms with van der Waals surface area (Å²) in [5, 5.41) is 20.6. The van der Waals surface area contributed by atoms with Gasteiger partial charge in [-0.15, -0.1) is 6.42 Å². The molecule has 2 N–H and O–H groups in total. The third kappa shape index (κ3) is 1.79. The molecule has 3 nitrogen and oxygen atoms in total. The summed E-state index contributed by atoms with van der Waals surface area (Å²) in [6, 6.07) is 5.19. The number of terminal acetylenes is 1. The van der Waals surface area contributed by atoms with E-state index in [1.807, 2.05) is 6.07 Å². The molecule has 0 saturated heterocycles. The first-order chi connectivity index (χ1) is 10.9. The van der Waals surface area contributed by atoms with Crippen LogP contribution in [0.3, 0.4) is 0 Å². The zero-order valence-corrected chi connectivity index (χ0v) is 13.4. The van der Waals surface area contributed by atoms with Gasteiger partial charge in [-0.05, 0) is 61.1 Å². The van der Waals surface area contributed by atoms with E-state index in [1.54, 1.807) is 12.1 Å². The van der Waals surface area contributed by atoms with Gasteiger partial charge in [0.05, 0.1) is 0 Å². The van der Waals surface area contributed by atoms with Crippen molar-refractivity contribution in [3.05, 3.63) is 29.3 Å². The minimum Gasteiger partial charge on any atom is -0.508 e. The van der Waals surface area contributed by atoms with E-state index < -0.39 is 5.60 Å². The fourth-order valence-electron chi connectivity index (χ4n) is 5.64. The summed E-state index contributed by atoms with van der Waals surface area (Å²) in [6.07, 6.45) is 9.49. The first-order valence-electron chi connectivity index (χ1n) is 8.46. The van der Waals surface area contributed by atoms with E-state index in [0.717, 1.165) is 24.8 Å². The fraction of sp³-hybridized carbons (Fsp3) is 0.550. The third-order valence-corrected chi connectivity index (χ3v) is 6.99. The Labute approximate surface area is 136 Å². The van der Waals surface area contributed by atoms with Crippen molar-refractivity contribution in [2.45, 2.75) is 50.5 Å². The van der Waals surface area contributed by atoms with Crippen LogP contribution in [0.1, 0.15) is 60.9 Å². The van der Waals surface area contributed by atoms with Gasteiger partial charge in [-0.2, -0.15) is 0 Å². The number of fused-ring (bicyclic) bond motifs is 5. The number of aliphatic hydroxyl groups is 1. The monoisotopic (exact) mass is 310 g/mol. The Morgan fingerprint density at radius 1 is 1.30 bits per heavy atom. The van der Waals surface area contributed by atoms with E-state index >= 15 is 0 Å². The first-order valence-corrected chi connectivity index (χ1v) is 8.46. The number of aromatic hydroxyl groups is 1. The van der Waals surface area contributed by atoms with Gasteiger partial charge in [-0.25, -0.2) is 0 Å². The highest BCUT2D eigenvalue weighted by molar-refractivity contribution is 5.99. The van der Waals surface area contributed by atoms with Crippen LogP contribution in [-0.4, -0.2) is 21.6 Å². The third-order valence-electron chi connectivity index (χ3n) is 6.99. The Bertz CT molecular complexity index is 731. The molecule has 0 spiro atoms. The number of carbonyl (C=O) groups is 1. The summed E-state index contributed by atoms with van der Waals surface area (Å²) < 4.78 is 0. The zero-order valence-electron chi connectivity index (χ0n) is 13.4. The molecular formula is C20H22O3. The molecule has 0 aliphatic heterocycles. The average Bonchev–Trinajstić information content (AvgIpc) is 2.80. The fourth-order valence-corrected chi connectivity index (χ4v) is 5.64. The average molecular weight is 310 g/mol. The van der Waals surface area contributed by atoms with Crippen molar-refractivity contribution in [2.24, 2.45) is 17.3 Å². The van der Waals surface area contributed by atoms with Crippen LogP contribution in [0.2, 0.25) is 0 Å². The van der Waals surface area contributed by atoms with Gasteiger partial charge in [0.2, 0.25) is 0 Å². The topological polar surface area (TPSA) is 57.5 Å². The number of rotatable bonds is 0. The van der Waals surface area contributed by atoms with Crippen molar-refractivity contribution < 1.29 is 15.0 Å². The minimum atomic E-state index is -1.04. The molecule has 0 bridgehead atoms. The van der Waals surface area contributed by atoms with Crippen LogP contribution < -0.4 is 0 Å². The molecule has 4 rings (SSSR count). The van der Waals surface area contributed by atoms with Crippen LogP contribution in [0.5, 0.6) is 5.75 Å². The summed E-state index contributed by atoms with van der Waals surface area (Å²) in [5.74, 6) is 3.78. The number of benzene rings is 1. The van der Waals surface area contributed by atoms with Gasteiger partial charge in [0, 0.05) is 17.4 Å².